The van der Waals surface area contributed by atoms with Crippen LogP contribution in [0.25, 0.3) is 6.08 Å². The van der Waals surface area contributed by atoms with E-state index in [-0.39, 0.29) is 11.6 Å². The number of aromatic nitrogens is 2. The van der Waals surface area contributed by atoms with Crippen molar-refractivity contribution in [3.05, 3.63) is 58.3 Å². The number of carbonyl (C=O) groups is 1. The fourth-order valence-corrected chi connectivity index (χ4v) is 2.93. The van der Waals surface area contributed by atoms with Crippen LogP contribution in [-0.4, -0.2) is 20.6 Å². The van der Waals surface area contributed by atoms with Crippen LogP contribution in [0.15, 0.2) is 42.6 Å². The van der Waals surface area contributed by atoms with Crippen molar-refractivity contribution in [3.8, 4) is 0 Å². The number of nitrogens with zero attached hydrogens (tertiary/aromatic N) is 3. The summed E-state index contributed by atoms with van der Waals surface area (Å²) in [6, 6.07) is 8.25. The smallest absolute Gasteiger partial charge is 0.270 e. The number of hydrogen-bond acceptors (Lipinski definition) is 4. The second-order valence-electron chi connectivity index (χ2n) is 5.77. The number of nitro groups is 1. The van der Waals surface area contributed by atoms with Gasteiger partial charge in [-0.25, -0.2) is 4.68 Å². The van der Waals surface area contributed by atoms with Gasteiger partial charge in [-0.3, -0.25) is 14.9 Å². The average Bonchev–Trinajstić information content (AvgIpc) is 3.24. The van der Waals surface area contributed by atoms with Gasteiger partial charge in [0.25, 0.3) is 5.69 Å². The molecule has 1 fully saturated rings. The van der Waals surface area contributed by atoms with Crippen molar-refractivity contribution >= 4 is 23.5 Å². The van der Waals surface area contributed by atoms with E-state index in [0.717, 1.165) is 12.8 Å². The van der Waals surface area contributed by atoms with Gasteiger partial charge in [-0.05, 0) is 24.5 Å². The SMILES string of the molecule is O=C(/C=C/c1cccc([N+](=O)[O-])c1)Nc1ccnn1C1CCCC1. The van der Waals surface area contributed by atoms with Crippen molar-refractivity contribution < 1.29 is 9.72 Å². The molecule has 1 N–H and O–H groups in total. The van der Waals surface area contributed by atoms with Crippen LogP contribution >= 0.6 is 0 Å². The predicted octanol–water partition coefficient (Wildman–Crippen LogP) is 3.56. The van der Waals surface area contributed by atoms with E-state index in [1.54, 1.807) is 30.5 Å². The number of non-ortho nitro benzene ring substituents is 1. The van der Waals surface area contributed by atoms with Gasteiger partial charge in [0.1, 0.15) is 5.82 Å². The molecule has 0 atom stereocenters. The number of nitro benzene ring substituents is 1. The zero-order chi connectivity index (χ0) is 16.9. The fraction of sp³-hybridized carbons (Fsp3) is 0.294. The van der Waals surface area contributed by atoms with E-state index in [4.69, 9.17) is 0 Å². The minimum Gasteiger partial charge on any atom is -0.307 e. The van der Waals surface area contributed by atoms with Gasteiger partial charge in [-0.1, -0.05) is 25.0 Å². The maximum absolute atomic E-state index is 12.1. The Labute approximate surface area is 139 Å². The van der Waals surface area contributed by atoms with Crippen LogP contribution in [0.5, 0.6) is 0 Å². The second-order valence-corrected chi connectivity index (χ2v) is 5.77. The summed E-state index contributed by atoms with van der Waals surface area (Å²) >= 11 is 0. The Hall–Kier alpha value is -2.96. The third-order valence-electron chi connectivity index (χ3n) is 4.10. The molecule has 0 unspecified atom stereocenters. The number of hydrogen-bond donors (Lipinski definition) is 1. The van der Waals surface area contributed by atoms with E-state index < -0.39 is 4.92 Å². The quantitative estimate of drug-likeness (QED) is 0.517. The Bertz CT molecular complexity index is 776. The van der Waals surface area contributed by atoms with E-state index in [1.807, 2.05) is 4.68 Å². The molecule has 0 aliphatic heterocycles. The first kappa shape index (κ1) is 15.9. The Kier molecular flexibility index (Phi) is 4.69. The Morgan fingerprint density at radius 2 is 2.12 bits per heavy atom. The minimum absolute atomic E-state index is 0.00290. The lowest BCUT2D eigenvalue weighted by atomic mass is 10.2. The standard InChI is InChI=1S/C17H18N4O3/c22-17(9-8-13-4-3-7-15(12-13)21(23)24)19-16-10-11-18-20(16)14-5-1-2-6-14/h3-4,7-12,14H,1-2,5-6H2,(H,19,22)/b9-8+. The molecule has 1 saturated carbocycles. The third-order valence-corrected chi connectivity index (χ3v) is 4.10. The van der Waals surface area contributed by atoms with Gasteiger partial charge >= 0.3 is 0 Å². The molecule has 1 aliphatic rings. The minimum atomic E-state index is -0.461. The maximum Gasteiger partial charge on any atom is 0.270 e. The number of amides is 1. The molecule has 1 aliphatic carbocycles. The number of anilines is 1. The summed E-state index contributed by atoms with van der Waals surface area (Å²) < 4.78 is 1.87. The van der Waals surface area contributed by atoms with Crippen molar-refractivity contribution in [2.24, 2.45) is 0 Å². The van der Waals surface area contributed by atoms with E-state index in [1.165, 1.54) is 31.1 Å². The predicted molar refractivity (Wildman–Crippen MR) is 90.5 cm³/mol. The Morgan fingerprint density at radius 1 is 1.33 bits per heavy atom. The van der Waals surface area contributed by atoms with Gasteiger partial charge in [0.05, 0.1) is 17.2 Å². The molecule has 2 aromatic rings. The number of rotatable bonds is 5. The van der Waals surface area contributed by atoms with E-state index >= 15 is 0 Å². The van der Waals surface area contributed by atoms with Crippen molar-refractivity contribution in [1.82, 2.24) is 9.78 Å². The van der Waals surface area contributed by atoms with Gasteiger partial charge in [0.15, 0.2) is 0 Å². The van der Waals surface area contributed by atoms with E-state index in [2.05, 4.69) is 10.4 Å². The monoisotopic (exact) mass is 326 g/mol. The van der Waals surface area contributed by atoms with E-state index in [0.29, 0.717) is 17.4 Å². The van der Waals surface area contributed by atoms with Gasteiger partial charge in [0.2, 0.25) is 5.91 Å². The molecule has 1 heterocycles. The molecular weight excluding hydrogens is 308 g/mol. The number of nitrogens with one attached hydrogen (secondary N) is 1. The molecule has 0 saturated heterocycles. The number of carbonyl (C=O) groups excluding carboxylic acids is 1. The Morgan fingerprint density at radius 3 is 2.88 bits per heavy atom. The molecule has 124 valence electrons. The molecule has 7 nitrogen and oxygen atoms in total. The maximum atomic E-state index is 12.1. The molecule has 0 bridgehead atoms. The first-order valence-electron chi connectivity index (χ1n) is 7.90. The highest BCUT2D eigenvalue weighted by Gasteiger charge is 2.20. The van der Waals surface area contributed by atoms with Crippen LogP contribution < -0.4 is 5.32 Å². The fourth-order valence-electron chi connectivity index (χ4n) is 2.93. The zero-order valence-corrected chi connectivity index (χ0v) is 13.1. The van der Waals surface area contributed by atoms with Crippen LogP contribution in [0.2, 0.25) is 0 Å². The molecule has 1 amide bonds. The van der Waals surface area contributed by atoms with Crippen molar-refractivity contribution in [2.75, 3.05) is 5.32 Å². The zero-order valence-electron chi connectivity index (χ0n) is 13.1. The molecule has 3 rings (SSSR count). The highest BCUT2D eigenvalue weighted by atomic mass is 16.6. The summed E-state index contributed by atoms with van der Waals surface area (Å²) in [6.07, 6.45) is 9.12. The van der Waals surface area contributed by atoms with Crippen LogP contribution in [0.3, 0.4) is 0 Å². The molecule has 1 aromatic carbocycles. The molecule has 0 spiro atoms. The summed E-state index contributed by atoms with van der Waals surface area (Å²) in [4.78, 5) is 22.4. The summed E-state index contributed by atoms with van der Waals surface area (Å²) in [7, 11) is 0. The normalized spacial score (nSPS) is 15.0. The largest absolute Gasteiger partial charge is 0.307 e. The van der Waals surface area contributed by atoms with Gasteiger partial charge in [-0.15, -0.1) is 0 Å². The summed E-state index contributed by atoms with van der Waals surface area (Å²) in [6.45, 7) is 0. The van der Waals surface area contributed by atoms with Gasteiger partial charge < -0.3 is 5.32 Å². The van der Waals surface area contributed by atoms with Crippen LogP contribution in [0.1, 0.15) is 37.3 Å². The third kappa shape index (κ3) is 3.68. The topological polar surface area (TPSA) is 90.1 Å². The van der Waals surface area contributed by atoms with E-state index in [9.17, 15) is 14.9 Å². The molecule has 1 aromatic heterocycles. The first-order valence-corrected chi connectivity index (χ1v) is 7.90. The van der Waals surface area contributed by atoms with Gasteiger partial charge in [0, 0.05) is 24.3 Å². The van der Waals surface area contributed by atoms with Crippen molar-refractivity contribution in [3.63, 3.8) is 0 Å². The van der Waals surface area contributed by atoms with Gasteiger partial charge in [-0.2, -0.15) is 5.10 Å². The summed E-state index contributed by atoms with van der Waals surface area (Å²) in [5, 5.41) is 17.9. The Balaban J connectivity index is 1.67. The molecule has 7 heteroatoms. The summed E-state index contributed by atoms with van der Waals surface area (Å²) in [5.41, 5.74) is 0.598. The highest BCUT2D eigenvalue weighted by molar-refractivity contribution is 6.01. The van der Waals surface area contributed by atoms with Crippen LogP contribution in [-0.2, 0) is 4.79 Å². The highest BCUT2D eigenvalue weighted by Crippen LogP contribution is 2.31. The molecular formula is C17H18N4O3. The number of benzene rings is 1. The lowest BCUT2D eigenvalue weighted by Gasteiger charge is -2.13. The van der Waals surface area contributed by atoms with Crippen LogP contribution in [0.4, 0.5) is 11.5 Å². The first-order chi connectivity index (χ1) is 11.6. The molecule has 24 heavy (non-hydrogen) atoms. The van der Waals surface area contributed by atoms with Crippen molar-refractivity contribution in [1.29, 1.82) is 0 Å². The molecule has 0 radical (unpaired) electrons. The second kappa shape index (κ2) is 7.08. The lowest BCUT2D eigenvalue weighted by molar-refractivity contribution is -0.384. The van der Waals surface area contributed by atoms with Crippen LogP contribution in [0, 0.1) is 10.1 Å². The lowest BCUT2D eigenvalue weighted by Crippen LogP contribution is -2.15. The summed E-state index contributed by atoms with van der Waals surface area (Å²) in [5.74, 6) is 0.386. The average molecular weight is 326 g/mol. The van der Waals surface area contributed by atoms with Crippen molar-refractivity contribution in [2.45, 2.75) is 31.7 Å².